The quantitative estimate of drug-likeness (QED) is 0.696. The van der Waals surface area contributed by atoms with Crippen LogP contribution in [-0.2, 0) is 9.59 Å². The van der Waals surface area contributed by atoms with Gasteiger partial charge in [0.15, 0.2) is 5.76 Å². The normalized spacial score (nSPS) is 14.8. The Bertz CT molecular complexity index is 511. The highest BCUT2D eigenvalue weighted by Gasteiger charge is 2.32. The van der Waals surface area contributed by atoms with Crippen LogP contribution in [0.3, 0.4) is 0 Å². The number of hydrogen-bond donors (Lipinski definition) is 3. The van der Waals surface area contributed by atoms with Crippen molar-refractivity contribution in [2.75, 3.05) is 6.54 Å². The van der Waals surface area contributed by atoms with E-state index in [1.807, 2.05) is 0 Å². The lowest BCUT2D eigenvalue weighted by Crippen LogP contribution is -2.48. The second kappa shape index (κ2) is 6.92. The Morgan fingerprint density at radius 3 is 2.57 bits per heavy atom. The van der Waals surface area contributed by atoms with Gasteiger partial charge < -0.3 is 20.2 Å². The van der Waals surface area contributed by atoms with Crippen molar-refractivity contribution >= 4 is 17.8 Å². The SMILES string of the molecule is CCC(C)(CNC(=O)C(C)NC(=O)c1ccco1)C(=O)O. The molecule has 0 aromatic carbocycles. The van der Waals surface area contributed by atoms with Crippen LogP contribution in [0.5, 0.6) is 0 Å². The summed E-state index contributed by atoms with van der Waals surface area (Å²) in [7, 11) is 0. The summed E-state index contributed by atoms with van der Waals surface area (Å²) in [6.45, 7) is 4.81. The number of furan rings is 1. The lowest BCUT2D eigenvalue weighted by Gasteiger charge is -2.24. The molecule has 1 aromatic rings. The van der Waals surface area contributed by atoms with Crippen LogP contribution in [0.15, 0.2) is 22.8 Å². The molecule has 7 nitrogen and oxygen atoms in total. The standard InChI is InChI=1S/C14H20N2O5/c1-4-14(3,13(19)20)8-15-11(17)9(2)16-12(18)10-6-5-7-21-10/h5-7,9H,4,8H2,1-3H3,(H,15,17)(H,16,18)(H,19,20). The van der Waals surface area contributed by atoms with Gasteiger partial charge in [-0.1, -0.05) is 6.92 Å². The van der Waals surface area contributed by atoms with E-state index in [-0.39, 0.29) is 12.3 Å². The van der Waals surface area contributed by atoms with Crippen molar-refractivity contribution < 1.29 is 23.9 Å². The van der Waals surface area contributed by atoms with Gasteiger partial charge in [-0.3, -0.25) is 14.4 Å². The second-order valence-corrected chi connectivity index (χ2v) is 5.11. The third-order valence-electron chi connectivity index (χ3n) is 3.44. The molecule has 0 saturated heterocycles. The van der Waals surface area contributed by atoms with Gasteiger partial charge in [0, 0.05) is 6.54 Å². The van der Waals surface area contributed by atoms with Crippen LogP contribution in [0, 0.1) is 5.41 Å². The van der Waals surface area contributed by atoms with Crippen molar-refractivity contribution in [3.8, 4) is 0 Å². The van der Waals surface area contributed by atoms with E-state index in [4.69, 9.17) is 9.52 Å². The minimum absolute atomic E-state index is 0.00136. The van der Waals surface area contributed by atoms with Crippen LogP contribution in [-0.4, -0.2) is 35.5 Å². The maximum absolute atomic E-state index is 11.9. The molecule has 0 radical (unpaired) electrons. The van der Waals surface area contributed by atoms with E-state index >= 15 is 0 Å². The Hall–Kier alpha value is -2.31. The van der Waals surface area contributed by atoms with E-state index < -0.39 is 29.2 Å². The molecule has 1 rings (SSSR count). The molecule has 2 atom stereocenters. The first-order valence-electron chi connectivity index (χ1n) is 6.65. The van der Waals surface area contributed by atoms with Gasteiger partial charge in [-0.15, -0.1) is 0 Å². The fraction of sp³-hybridized carbons (Fsp3) is 0.500. The predicted octanol–water partition coefficient (Wildman–Crippen LogP) is 1.01. The number of aliphatic carboxylic acids is 1. The molecule has 0 aliphatic heterocycles. The van der Waals surface area contributed by atoms with E-state index in [1.165, 1.54) is 19.3 Å². The topological polar surface area (TPSA) is 109 Å². The molecule has 0 fully saturated rings. The average Bonchev–Trinajstić information content (AvgIpc) is 2.98. The first-order chi connectivity index (χ1) is 9.80. The van der Waals surface area contributed by atoms with Gasteiger partial charge in [0.2, 0.25) is 5.91 Å². The largest absolute Gasteiger partial charge is 0.481 e. The van der Waals surface area contributed by atoms with Crippen molar-refractivity contribution in [2.24, 2.45) is 5.41 Å². The average molecular weight is 296 g/mol. The van der Waals surface area contributed by atoms with Crippen molar-refractivity contribution in [3.63, 3.8) is 0 Å². The maximum atomic E-state index is 11.9. The lowest BCUT2D eigenvalue weighted by atomic mass is 9.87. The van der Waals surface area contributed by atoms with E-state index in [0.717, 1.165) is 0 Å². The van der Waals surface area contributed by atoms with Gasteiger partial charge >= 0.3 is 5.97 Å². The van der Waals surface area contributed by atoms with Gasteiger partial charge in [-0.25, -0.2) is 0 Å². The number of amides is 2. The van der Waals surface area contributed by atoms with Gasteiger partial charge in [-0.2, -0.15) is 0 Å². The number of carboxylic acids is 1. The molecular weight excluding hydrogens is 276 g/mol. The third-order valence-corrected chi connectivity index (χ3v) is 3.44. The van der Waals surface area contributed by atoms with E-state index in [1.54, 1.807) is 19.9 Å². The van der Waals surface area contributed by atoms with Crippen molar-refractivity contribution in [1.82, 2.24) is 10.6 Å². The zero-order valence-electron chi connectivity index (χ0n) is 12.3. The molecular formula is C14H20N2O5. The number of carboxylic acid groups (broad SMARTS) is 1. The minimum atomic E-state index is -1.03. The molecule has 0 saturated carbocycles. The summed E-state index contributed by atoms with van der Waals surface area (Å²) in [5, 5.41) is 14.1. The molecule has 7 heteroatoms. The summed E-state index contributed by atoms with van der Waals surface area (Å²) in [5.74, 6) is -1.81. The Kier molecular flexibility index (Phi) is 5.52. The van der Waals surface area contributed by atoms with Crippen LogP contribution in [0.1, 0.15) is 37.7 Å². The van der Waals surface area contributed by atoms with Crippen LogP contribution < -0.4 is 10.6 Å². The minimum Gasteiger partial charge on any atom is -0.481 e. The van der Waals surface area contributed by atoms with Crippen LogP contribution in [0.25, 0.3) is 0 Å². The van der Waals surface area contributed by atoms with E-state index in [9.17, 15) is 14.4 Å². The third kappa shape index (κ3) is 4.34. The van der Waals surface area contributed by atoms with Crippen molar-refractivity contribution in [3.05, 3.63) is 24.2 Å². The maximum Gasteiger partial charge on any atom is 0.311 e. The first kappa shape index (κ1) is 16.7. The van der Waals surface area contributed by atoms with Crippen molar-refractivity contribution in [2.45, 2.75) is 33.2 Å². The van der Waals surface area contributed by atoms with E-state index in [0.29, 0.717) is 6.42 Å². The molecule has 0 bridgehead atoms. The molecule has 116 valence electrons. The highest BCUT2D eigenvalue weighted by molar-refractivity contribution is 5.95. The molecule has 0 spiro atoms. The number of carbonyl (C=O) groups excluding carboxylic acids is 2. The summed E-state index contributed by atoms with van der Waals surface area (Å²) in [6.07, 6.45) is 1.74. The molecule has 0 aliphatic rings. The van der Waals surface area contributed by atoms with E-state index in [2.05, 4.69) is 10.6 Å². The summed E-state index contributed by atoms with van der Waals surface area (Å²) >= 11 is 0. The monoisotopic (exact) mass is 296 g/mol. The molecule has 1 heterocycles. The van der Waals surface area contributed by atoms with Gasteiger partial charge in [0.05, 0.1) is 11.7 Å². The lowest BCUT2D eigenvalue weighted by molar-refractivity contribution is -0.148. The summed E-state index contributed by atoms with van der Waals surface area (Å²) in [5.41, 5.74) is -1.03. The highest BCUT2D eigenvalue weighted by atomic mass is 16.4. The number of nitrogens with one attached hydrogen (secondary N) is 2. The molecule has 0 aliphatic carbocycles. The summed E-state index contributed by atoms with van der Waals surface area (Å²) in [6, 6.07) is 2.26. The fourth-order valence-corrected chi connectivity index (χ4v) is 1.53. The number of carbonyl (C=O) groups is 3. The number of hydrogen-bond acceptors (Lipinski definition) is 4. The van der Waals surface area contributed by atoms with Crippen LogP contribution in [0.4, 0.5) is 0 Å². The molecule has 21 heavy (non-hydrogen) atoms. The van der Waals surface area contributed by atoms with Crippen molar-refractivity contribution in [1.29, 1.82) is 0 Å². The first-order valence-corrected chi connectivity index (χ1v) is 6.65. The van der Waals surface area contributed by atoms with Gasteiger partial charge in [0.1, 0.15) is 6.04 Å². The Morgan fingerprint density at radius 1 is 1.43 bits per heavy atom. The zero-order valence-corrected chi connectivity index (χ0v) is 12.3. The Morgan fingerprint density at radius 2 is 2.10 bits per heavy atom. The summed E-state index contributed by atoms with van der Waals surface area (Å²) in [4.78, 5) is 34.7. The molecule has 2 unspecified atom stereocenters. The predicted molar refractivity (Wildman–Crippen MR) is 74.7 cm³/mol. The second-order valence-electron chi connectivity index (χ2n) is 5.11. The summed E-state index contributed by atoms with van der Waals surface area (Å²) < 4.78 is 4.92. The molecule has 1 aromatic heterocycles. The van der Waals surface area contributed by atoms with Gasteiger partial charge in [-0.05, 0) is 32.4 Å². The zero-order chi connectivity index (χ0) is 16.0. The Labute approximate surface area is 122 Å². The smallest absolute Gasteiger partial charge is 0.311 e. The van der Waals surface area contributed by atoms with Gasteiger partial charge in [0.25, 0.3) is 5.91 Å². The highest BCUT2D eigenvalue weighted by Crippen LogP contribution is 2.19. The molecule has 2 amide bonds. The van der Waals surface area contributed by atoms with Crippen LogP contribution >= 0.6 is 0 Å². The molecule has 3 N–H and O–H groups in total. The Balaban J connectivity index is 2.52. The number of rotatable bonds is 7. The fourth-order valence-electron chi connectivity index (χ4n) is 1.53. The van der Waals surface area contributed by atoms with Crippen LogP contribution in [0.2, 0.25) is 0 Å².